The van der Waals surface area contributed by atoms with E-state index in [0.717, 1.165) is 19.3 Å². The Balaban J connectivity index is 3.55. The van der Waals surface area contributed by atoms with Crippen molar-refractivity contribution >= 4 is 35.8 Å². The molecule has 0 saturated carbocycles. The van der Waals surface area contributed by atoms with Gasteiger partial charge in [-0.2, -0.15) is 0 Å². The van der Waals surface area contributed by atoms with Crippen molar-refractivity contribution in [3.05, 3.63) is 33.4 Å². The van der Waals surface area contributed by atoms with Gasteiger partial charge in [0.1, 0.15) is 0 Å². The third-order valence-corrected chi connectivity index (χ3v) is 4.68. The van der Waals surface area contributed by atoms with E-state index in [1.165, 1.54) is 0 Å². The summed E-state index contributed by atoms with van der Waals surface area (Å²) in [6.45, 7) is 3.85. The van der Waals surface area contributed by atoms with Crippen LogP contribution in [0.2, 0.25) is 0 Å². The first-order chi connectivity index (χ1) is 15.3. The Hall–Kier alpha value is -3.96. The van der Waals surface area contributed by atoms with Gasteiger partial charge in [0.05, 0.1) is 40.0 Å². The molecule has 0 atom stereocenters. The molecule has 33 heavy (non-hydrogen) atoms. The van der Waals surface area contributed by atoms with E-state index >= 15 is 0 Å². The summed E-state index contributed by atoms with van der Waals surface area (Å²) in [6, 6.07) is 0. The summed E-state index contributed by atoms with van der Waals surface area (Å²) in [6.07, 6.45) is 3.71. The van der Waals surface area contributed by atoms with E-state index in [1.54, 1.807) is 0 Å². The molecule has 1 aromatic carbocycles. The fourth-order valence-electron chi connectivity index (χ4n) is 3.27. The van der Waals surface area contributed by atoms with Gasteiger partial charge in [-0.05, 0) is 12.3 Å². The van der Waals surface area contributed by atoms with E-state index in [9.17, 15) is 54.3 Å². The fourth-order valence-corrected chi connectivity index (χ4v) is 3.27. The second kappa shape index (κ2) is 11.6. The number of ether oxygens (including phenoxy) is 1. The molecule has 0 bridgehead atoms. The van der Waals surface area contributed by atoms with Crippen LogP contribution in [0.25, 0.3) is 0 Å². The minimum absolute atomic E-state index is 0.274. The quantitative estimate of drug-likeness (QED) is 0.209. The fraction of sp³-hybridized carbons (Fsp3) is 0.429. The lowest BCUT2D eigenvalue weighted by Gasteiger charge is -2.17. The number of carbonyl (C=O) groups excluding carboxylic acids is 1. The van der Waals surface area contributed by atoms with E-state index in [0.29, 0.717) is 18.8 Å². The van der Waals surface area contributed by atoms with Crippen molar-refractivity contribution < 1.29 is 59.0 Å². The van der Waals surface area contributed by atoms with E-state index in [1.807, 2.05) is 0 Å². The zero-order valence-electron chi connectivity index (χ0n) is 17.9. The predicted octanol–water partition coefficient (Wildman–Crippen LogP) is 2.94. The first-order valence-corrected chi connectivity index (χ1v) is 9.90. The van der Waals surface area contributed by atoms with E-state index in [-0.39, 0.29) is 6.61 Å². The average Bonchev–Trinajstić information content (AvgIpc) is 2.69. The van der Waals surface area contributed by atoms with Crippen molar-refractivity contribution in [3.63, 3.8) is 0 Å². The molecule has 0 aliphatic rings. The van der Waals surface area contributed by atoms with Crippen LogP contribution < -0.4 is 0 Å². The first kappa shape index (κ1) is 27.1. The molecule has 0 aliphatic carbocycles. The molecule has 180 valence electrons. The van der Waals surface area contributed by atoms with E-state index in [2.05, 4.69) is 13.8 Å². The van der Waals surface area contributed by atoms with Crippen LogP contribution in [-0.2, 0) is 4.74 Å². The zero-order valence-corrected chi connectivity index (χ0v) is 17.9. The number of unbranched alkanes of at least 4 members (excludes halogenated alkanes) is 3. The highest BCUT2D eigenvalue weighted by Crippen LogP contribution is 2.30. The lowest BCUT2D eigenvalue weighted by molar-refractivity contribution is 0.0474. The predicted molar refractivity (Wildman–Crippen MR) is 109 cm³/mol. The topological polar surface area (TPSA) is 213 Å². The molecule has 0 amide bonds. The number of carbonyl (C=O) groups is 6. The molecule has 0 spiro atoms. The Labute approximate surface area is 187 Å². The van der Waals surface area contributed by atoms with Crippen molar-refractivity contribution in [2.24, 2.45) is 5.92 Å². The van der Waals surface area contributed by atoms with E-state index in [4.69, 9.17) is 4.74 Å². The Morgan fingerprint density at radius 1 is 0.576 bits per heavy atom. The van der Waals surface area contributed by atoms with Crippen molar-refractivity contribution in [3.8, 4) is 0 Å². The van der Waals surface area contributed by atoms with Crippen LogP contribution in [0.5, 0.6) is 0 Å². The van der Waals surface area contributed by atoms with Gasteiger partial charge in [0, 0.05) is 0 Å². The molecule has 0 aliphatic heterocycles. The molecule has 12 nitrogen and oxygen atoms in total. The van der Waals surface area contributed by atoms with Gasteiger partial charge in [0.25, 0.3) is 0 Å². The number of carboxylic acid groups (broad SMARTS) is 5. The zero-order chi connectivity index (χ0) is 25.5. The van der Waals surface area contributed by atoms with Gasteiger partial charge in [-0.15, -0.1) is 0 Å². The van der Waals surface area contributed by atoms with Crippen LogP contribution in [0.3, 0.4) is 0 Å². The average molecular weight is 468 g/mol. The summed E-state index contributed by atoms with van der Waals surface area (Å²) in [5.74, 6) is -11.9. The number of hydrogen-bond donors (Lipinski definition) is 5. The molecule has 12 heteroatoms. The molecule has 1 rings (SSSR count). The van der Waals surface area contributed by atoms with Gasteiger partial charge in [-0.25, -0.2) is 28.8 Å². The lowest BCUT2D eigenvalue weighted by atomic mass is 9.86. The van der Waals surface area contributed by atoms with Crippen molar-refractivity contribution in [1.29, 1.82) is 0 Å². The summed E-state index contributed by atoms with van der Waals surface area (Å²) >= 11 is 0. The van der Waals surface area contributed by atoms with Crippen LogP contribution >= 0.6 is 0 Å². The largest absolute Gasteiger partial charge is 0.478 e. The Bertz CT molecular complexity index is 936. The van der Waals surface area contributed by atoms with Gasteiger partial charge >= 0.3 is 35.8 Å². The molecular weight excluding hydrogens is 444 g/mol. The van der Waals surface area contributed by atoms with Crippen LogP contribution in [-0.4, -0.2) is 68.0 Å². The maximum absolute atomic E-state index is 12.6. The van der Waals surface area contributed by atoms with Crippen molar-refractivity contribution in [1.82, 2.24) is 0 Å². The number of esters is 1. The maximum Gasteiger partial charge on any atom is 0.339 e. The smallest absolute Gasteiger partial charge is 0.339 e. The minimum Gasteiger partial charge on any atom is -0.478 e. The Morgan fingerprint density at radius 2 is 0.909 bits per heavy atom. The summed E-state index contributed by atoms with van der Waals surface area (Å²) in [7, 11) is 0. The highest BCUT2D eigenvalue weighted by atomic mass is 16.5. The van der Waals surface area contributed by atoms with Crippen LogP contribution in [0, 0.1) is 5.92 Å². The highest BCUT2D eigenvalue weighted by molar-refractivity contribution is 6.23. The summed E-state index contributed by atoms with van der Waals surface area (Å²) in [4.78, 5) is 71.1. The molecule has 0 radical (unpaired) electrons. The Morgan fingerprint density at radius 3 is 1.24 bits per heavy atom. The number of rotatable bonds is 13. The third-order valence-electron chi connectivity index (χ3n) is 4.68. The second-order valence-corrected chi connectivity index (χ2v) is 7.51. The normalized spacial score (nSPS) is 10.6. The lowest BCUT2D eigenvalue weighted by Crippen LogP contribution is -2.28. The molecule has 0 fully saturated rings. The van der Waals surface area contributed by atoms with Gasteiger partial charge < -0.3 is 30.3 Å². The summed E-state index contributed by atoms with van der Waals surface area (Å²) in [5.41, 5.74) is -8.98. The van der Waals surface area contributed by atoms with E-state index < -0.39 is 69.2 Å². The molecule has 0 aromatic heterocycles. The maximum atomic E-state index is 12.6. The molecule has 5 N–H and O–H groups in total. The van der Waals surface area contributed by atoms with Gasteiger partial charge in [0.2, 0.25) is 0 Å². The SMILES string of the molecule is CC(C)CCCCCCOC(=O)c1c(C(=O)O)c(C(=O)O)c(C(=O)O)c(C(=O)O)c1C(=O)O. The minimum atomic E-state index is -2.20. The molecular formula is C21H24O12. The highest BCUT2D eigenvalue weighted by Gasteiger charge is 2.41. The monoisotopic (exact) mass is 468 g/mol. The van der Waals surface area contributed by atoms with Crippen LogP contribution in [0.1, 0.15) is 108 Å². The third kappa shape index (κ3) is 6.51. The van der Waals surface area contributed by atoms with Gasteiger partial charge in [0.15, 0.2) is 0 Å². The number of hydrogen-bond acceptors (Lipinski definition) is 7. The second-order valence-electron chi connectivity index (χ2n) is 7.51. The van der Waals surface area contributed by atoms with Gasteiger partial charge in [-0.3, -0.25) is 0 Å². The molecule has 0 unspecified atom stereocenters. The standard InChI is InChI=1S/C21H24O12/c1-9(2)7-5-3-4-6-8-33-21(32)15-13(19(28)29)11(17(24)25)10(16(22)23)12(18(26)27)14(15)20(30)31/h9H,3-8H2,1-2H3,(H,22,23)(H,24,25)(H,26,27)(H,28,29)(H,30,31). The number of benzene rings is 1. The molecule has 0 saturated heterocycles. The van der Waals surface area contributed by atoms with Crippen molar-refractivity contribution in [2.75, 3.05) is 6.61 Å². The van der Waals surface area contributed by atoms with Crippen molar-refractivity contribution in [2.45, 2.75) is 46.0 Å². The first-order valence-electron chi connectivity index (χ1n) is 9.90. The molecule has 0 heterocycles. The molecule has 1 aromatic rings. The summed E-state index contributed by atoms with van der Waals surface area (Å²) < 4.78 is 4.91. The number of aromatic carboxylic acids is 5. The van der Waals surface area contributed by atoms with Crippen LogP contribution in [0.4, 0.5) is 0 Å². The summed E-state index contributed by atoms with van der Waals surface area (Å²) in [5, 5.41) is 47.1. The number of carboxylic acids is 5. The Kier molecular flexibility index (Phi) is 9.52. The van der Waals surface area contributed by atoms with Gasteiger partial charge in [-0.1, -0.05) is 39.5 Å². The van der Waals surface area contributed by atoms with Crippen LogP contribution in [0.15, 0.2) is 0 Å².